The molecule has 3 nitrogen and oxygen atoms in total. The van der Waals surface area contributed by atoms with Gasteiger partial charge < -0.3 is 5.32 Å². The van der Waals surface area contributed by atoms with Crippen LogP contribution in [0.5, 0.6) is 0 Å². The molecule has 0 saturated carbocycles. The molecule has 0 saturated heterocycles. The summed E-state index contributed by atoms with van der Waals surface area (Å²) in [7, 11) is 0. The molecule has 3 aromatic carbocycles. The summed E-state index contributed by atoms with van der Waals surface area (Å²) < 4.78 is 13.4. The number of nitrogens with zero attached hydrogens (tertiary/aromatic N) is 1. The SMILES string of the molecule is O=C(Nc1ccccc1Sc1ccc(Cl)cc1)c1ccnc(Cc2cccc(F)c2)c1. The number of hydrogen-bond donors (Lipinski definition) is 1. The maximum atomic E-state index is 13.4. The van der Waals surface area contributed by atoms with Crippen molar-refractivity contribution in [2.75, 3.05) is 5.32 Å². The van der Waals surface area contributed by atoms with E-state index in [0.717, 1.165) is 21.0 Å². The minimum atomic E-state index is -0.291. The number of amides is 1. The first kappa shape index (κ1) is 21.1. The fourth-order valence-electron chi connectivity index (χ4n) is 3.06. The van der Waals surface area contributed by atoms with Crippen LogP contribution in [-0.2, 0) is 6.42 Å². The third-order valence-electron chi connectivity index (χ3n) is 4.53. The van der Waals surface area contributed by atoms with Gasteiger partial charge >= 0.3 is 0 Å². The molecule has 0 bridgehead atoms. The van der Waals surface area contributed by atoms with Gasteiger partial charge in [-0.2, -0.15) is 0 Å². The van der Waals surface area contributed by atoms with Crippen molar-refractivity contribution in [1.29, 1.82) is 0 Å². The molecule has 0 aliphatic carbocycles. The number of carbonyl (C=O) groups excluding carboxylic acids is 1. The predicted octanol–water partition coefficient (Wildman–Crippen LogP) is 6.87. The van der Waals surface area contributed by atoms with Crippen LogP contribution in [0.3, 0.4) is 0 Å². The average molecular weight is 449 g/mol. The zero-order valence-corrected chi connectivity index (χ0v) is 18.0. The van der Waals surface area contributed by atoms with Gasteiger partial charge in [0.25, 0.3) is 5.91 Å². The van der Waals surface area contributed by atoms with E-state index in [-0.39, 0.29) is 11.7 Å². The first-order valence-corrected chi connectivity index (χ1v) is 10.8. The van der Waals surface area contributed by atoms with Gasteiger partial charge in [-0.1, -0.05) is 47.6 Å². The van der Waals surface area contributed by atoms with Crippen molar-refractivity contribution in [3.05, 3.63) is 119 Å². The minimum Gasteiger partial charge on any atom is -0.321 e. The molecular formula is C25H18ClFN2OS. The third kappa shape index (κ3) is 5.72. The highest BCUT2D eigenvalue weighted by molar-refractivity contribution is 7.99. The van der Waals surface area contributed by atoms with Gasteiger partial charge in [0.05, 0.1) is 5.69 Å². The maximum Gasteiger partial charge on any atom is 0.255 e. The van der Waals surface area contributed by atoms with Crippen LogP contribution in [0.2, 0.25) is 5.02 Å². The Morgan fingerprint density at radius 1 is 0.968 bits per heavy atom. The van der Waals surface area contributed by atoms with Gasteiger partial charge in [-0.05, 0) is 66.2 Å². The van der Waals surface area contributed by atoms with Crippen molar-refractivity contribution in [1.82, 2.24) is 4.98 Å². The zero-order chi connectivity index (χ0) is 21.6. The molecular weight excluding hydrogens is 431 g/mol. The third-order valence-corrected chi connectivity index (χ3v) is 5.87. The summed E-state index contributed by atoms with van der Waals surface area (Å²) in [4.78, 5) is 19.2. The Kier molecular flexibility index (Phi) is 6.65. The first-order chi connectivity index (χ1) is 15.1. The van der Waals surface area contributed by atoms with Gasteiger partial charge in [-0.25, -0.2) is 4.39 Å². The Bertz CT molecular complexity index is 1210. The van der Waals surface area contributed by atoms with Crippen LogP contribution >= 0.6 is 23.4 Å². The number of nitrogens with one attached hydrogen (secondary N) is 1. The van der Waals surface area contributed by atoms with Crippen molar-refractivity contribution in [3.8, 4) is 0 Å². The molecule has 4 rings (SSSR count). The van der Waals surface area contributed by atoms with E-state index in [1.54, 1.807) is 36.2 Å². The largest absolute Gasteiger partial charge is 0.321 e. The van der Waals surface area contributed by atoms with Gasteiger partial charge in [-0.3, -0.25) is 9.78 Å². The molecule has 1 heterocycles. The highest BCUT2D eigenvalue weighted by Gasteiger charge is 2.11. The average Bonchev–Trinajstić information content (AvgIpc) is 2.77. The van der Waals surface area contributed by atoms with Crippen molar-refractivity contribution in [2.45, 2.75) is 16.2 Å². The van der Waals surface area contributed by atoms with Gasteiger partial charge in [0, 0.05) is 38.7 Å². The lowest BCUT2D eigenvalue weighted by Gasteiger charge is -2.11. The van der Waals surface area contributed by atoms with Crippen LogP contribution < -0.4 is 5.32 Å². The van der Waals surface area contributed by atoms with Crippen molar-refractivity contribution < 1.29 is 9.18 Å². The molecule has 1 amide bonds. The number of hydrogen-bond acceptors (Lipinski definition) is 3. The highest BCUT2D eigenvalue weighted by atomic mass is 35.5. The number of aromatic nitrogens is 1. The zero-order valence-electron chi connectivity index (χ0n) is 16.4. The second kappa shape index (κ2) is 9.77. The Labute approximate surface area is 189 Å². The fourth-order valence-corrected chi connectivity index (χ4v) is 4.08. The van der Waals surface area contributed by atoms with E-state index >= 15 is 0 Å². The van der Waals surface area contributed by atoms with Gasteiger partial charge in [0.15, 0.2) is 0 Å². The lowest BCUT2D eigenvalue weighted by Crippen LogP contribution is -2.13. The van der Waals surface area contributed by atoms with Crippen molar-refractivity contribution in [2.24, 2.45) is 0 Å². The Morgan fingerprint density at radius 3 is 2.58 bits per heavy atom. The highest BCUT2D eigenvalue weighted by Crippen LogP contribution is 2.34. The predicted molar refractivity (Wildman–Crippen MR) is 123 cm³/mol. The van der Waals surface area contributed by atoms with Gasteiger partial charge in [0.2, 0.25) is 0 Å². The van der Waals surface area contributed by atoms with Crippen LogP contribution in [0.4, 0.5) is 10.1 Å². The molecule has 1 N–H and O–H groups in total. The summed E-state index contributed by atoms with van der Waals surface area (Å²) in [6.45, 7) is 0. The van der Waals surface area contributed by atoms with E-state index in [9.17, 15) is 9.18 Å². The van der Waals surface area contributed by atoms with Crippen LogP contribution in [-0.4, -0.2) is 10.9 Å². The standard InChI is InChI=1S/C25H18ClFN2OS/c26-19-8-10-22(11-9-19)31-24-7-2-1-6-23(24)29-25(30)18-12-13-28-21(16-18)15-17-4-3-5-20(27)14-17/h1-14,16H,15H2,(H,29,30). The van der Waals surface area contributed by atoms with E-state index in [1.807, 2.05) is 54.6 Å². The molecule has 4 aromatic rings. The summed E-state index contributed by atoms with van der Waals surface area (Å²) in [5, 5.41) is 3.66. The molecule has 0 unspecified atom stereocenters. The molecule has 0 radical (unpaired) electrons. The second-order valence-electron chi connectivity index (χ2n) is 6.85. The number of anilines is 1. The topological polar surface area (TPSA) is 42.0 Å². The second-order valence-corrected chi connectivity index (χ2v) is 8.40. The monoisotopic (exact) mass is 448 g/mol. The first-order valence-electron chi connectivity index (χ1n) is 9.60. The number of halogens is 2. The number of pyridine rings is 1. The number of carbonyl (C=O) groups is 1. The normalized spacial score (nSPS) is 10.6. The molecule has 0 aliphatic heterocycles. The van der Waals surface area contributed by atoms with E-state index < -0.39 is 0 Å². The molecule has 0 spiro atoms. The van der Waals surface area contributed by atoms with Crippen LogP contribution in [0, 0.1) is 5.82 Å². The molecule has 0 aliphatic rings. The van der Waals surface area contributed by atoms with Gasteiger partial charge in [-0.15, -0.1) is 0 Å². The number of para-hydroxylation sites is 1. The quantitative estimate of drug-likeness (QED) is 0.350. The molecule has 154 valence electrons. The summed E-state index contributed by atoms with van der Waals surface area (Å²) in [6.07, 6.45) is 2.04. The minimum absolute atomic E-state index is 0.230. The molecule has 31 heavy (non-hydrogen) atoms. The van der Waals surface area contributed by atoms with Crippen molar-refractivity contribution in [3.63, 3.8) is 0 Å². The summed E-state index contributed by atoms with van der Waals surface area (Å²) >= 11 is 7.51. The lowest BCUT2D eigenvalue weighted by molar-refractivity contribution is 0.102. The molecule has 1 aromatic heterocycles. The Hall–Kier alpha value is -3.15. The molecule has 6 heteroatoms. The molecule has 0 atom stereocenters. The number of benzene rings is 3. The van der Waals surface area contributed by atoms with Crippen LogP contribution in [0.15, 0.2) is 101 Å². The summed E-state index contributed by atoms with van der Waals surface area (Å²) in [6, 6.07) is 24.9. The van der Waals surface area contributed by atoms with E-state index in [1.165, 1.54) is 12.1 Å². The number of rotatable bonds is 6. The summed E-state index contributed by atoms with van der Waals surface area (Å²) in [5.41, 5.74) is 2.71. The van der Waals surface area contributed by atoms with Crippen LogP contribution in [0.25, 0.3) is 0 Å². The van der Waals surface area contributed by atoms with E-state index in [0.29, 0.717) is 22.7 Å². The maximum absolute atomic E-state index is 13.4. The van der Waals surface area contributed by atoms with Crippen LogP contribution in [0.1, 0.15) is 21.6 Å². The van der Waals surface area contributed by atoms with Crippen molar-refractivity contribution >= 4 is 35.0 Å². The molecule has 0 fully saturated rings. The van der Waals surface area contributed by atoms with E-state index in [2.05, 4.69) is 10.3 Å². The van der Waals surface area contributed by atoms with E-state index in [4.69, 9.17) is 11.6 Å². The smallest absolute Gasteiger partial charge is 0.255 e. The Morgan fingerprint density at radius 2 is 1.77 bits per heavy atom. The lowest BCUT2D eigenvalue weighted by atomic mass is 10.1. The fraction of sp³-hybridized carbons (Fsp3) is 0.0400. The Balaban J connectivity index is 1.50. The van der Waals surface area contributed by atoms with Gasteiger partial charge in [0.1, 0.15) is 5.82 Å². The summed E-state index contributed by atoms with van der Waals surface area (Å²) in [5.74, 6) is -0.520.